The minimum atomic E-state index is -3.40. The minimum absolute atomic E-state index is 0.0488. The van der Waals surface area contributed by atoms with Crippen molar-refractivity contribution in [2.45, 2.75) is 23.8 Å². The van der Waals surface area contributed by atoms with E-state index < -0.39 is 31.1 Å². The fourth-order valence-electron chi connectivity index (χ4n) is 2.32. The number of benzene rings is 1. The Balaban J connectivity index is 2.22. The summed E-state index contributed by atoms with van der Waals surface area (Å²) in [6.07, 6.45) is 1.42. The number of rotatable bonds is 3. The lowest BCUT2D eigenvalue weighted by Crippen LogP contribution is -2.46. The van der Waals surface area contributed by atoms with Crippen molar-refractivity contribution in [3.05, 3.63) is 29.8 Å². The van der Waals surface area contributed by atoms with Crippen LogP contribution in [-0.2, 0) is 19.7 Å². The van der Waals surface area contributed by atoms with Crippen LogP contribution in [0.4, 0.5) is 0 Å². The highest BCUT2D eigenvalue weighted by molar-refractivity contribution is 7.91. The van der Waals surface area contributed by atoms with Gasteiger partial charge >= 0.3 is 0 Å². The van der Waals surface area contributed by atoms with Gasteiger partial charge < -0.3 is 5.32 Å². The van der Waals surface area contributed by atoms with Crippen LogP contribution >= 0.6 is 0 Å². The lowest BCUT2D eigenvalue weighted by Gasteiger charge is -2.23. The first-order valence-electron chi connectivity index (χ1n) is 6.34. The van der Waals surface area contributed by atoms with E-state index in [1.807, 2.05) is 0 Å². The third-order valence-electron chi connectivity index (χ3n) is 3.44. The quantitative estimate of drug-likeness (QED) is 0.864. The van der Waals surface area contributed by atoms with Crippen LogP contribution in [0.25, 0.3) is 0 Å². The van der Waals surface area contributed by atoms with Gasteiger partial charge in [0, 0.05) is 11.8 Å². The third-order valence-corrected chi connectivity index (χ3v) is 6.46. The largest absolute Gasteiger partial charge is 0.346 e. The summed E-state index contributed by atoms with van der Waals surface area (Å²) in [5, 5.41) is 2.69. The standard InChI is InChI=1S/C13H17NO5S2/c1-13(6-7-21(18,19)9-13)14-12(15)10-4-3-5-11(8-10)20(2,16)17/h3-5,8H,6-7,9H2,1-2H3,(H,14,15). The van der Waals surface area contributed by atoms with Gasteiger partial charge in [0.25, 0.3) is 5.91 Å². The molecule has 1 N–H and O–H groups in total. The van der Waals surface area contributed by atoms with Crippen LogP contribution in [-0.4, -0.2) is 46.0 Å². The number of sulfone groups is 2. The molecule has 0 bridgehead atoms. The SMILES string of the molecule is CC1(NC(=O)c2cccc(S(C)(=O)=O)c2)CCS(=O)(=O)C1. The van der Waals surface area contributed by atoms with Crippen molar-refractivity contribution in [2.75, 3.05) is 17.8 Å². The Morgan fingerprint density at radius 1 is 1.33 bits per heavy atom. The number of nitrogens with one attached hydrogen (secondary N) is 1. The lowest BCUT2D eigenvalue weighted by molar-refractivity contribution is 0.0915. The maximum Gasteiger partial charge on any atom is 0.251 e. The Morgan fingerprint density at radius 2 is 2.00 bits per heavy atom. The number of hydrogen-bond donors (Lipinski definition) is 1. The molecular weight excluding hydrogens is 314 g/mol. The average Bonchev–Trinajstić information content (AvgIpc) is 2.62. The number of carbonyl (C=O) groups excluding carboxylic acids is 1. The van der Waals surface area contributed by atoms with Crippen LogP contribution in [0, 0.1) is 0 Å². The van der Waals surface area contributed by atoms with Crippen molar-refractivity contribution in [3.8, 4) is 0 Å². The minimum Gasteiger partial charge on any atom is -0.346 e. The van der Waals surface area contributed by atoms with Crippen LogP contribution in [0.3, 0.4) is 0 Å². The summed E-state index contributed by atoms with van der Waals surface area (Å²) in [4.78, 5) is 12.3. The van der Waals surface area contributed by atoms with Crippen LogP contribution < -0.4 is 5.32 Å². The van der Waals surface area contributed by atoms with Gasteiger partial charge in [0.15, 0.2) is 19.7 Å². The van der Waals surface area contributed by atoms with E-state index in [1.54, 1.807) is 6.92 Å². The lowest BCUT2D eigenvalue weighted by atomic mass is 10.0. The molecule has 0 aromatic heterocycles. The molecule has 1 fully saturated rings. The molecule has 1 saturated heterocycles. The van der Waals surface area contributed by atoms with Crippen LogP contribution in [0.2, 0.25) is 0 Å². The molecule has 116 valence electrons. The summed E-state index contributed by atoms with van der Waals surface area (Å²) < 4.78 is 46.0. The monoisotopic (exact) mass is 331 g/mol. The summed E-state index contributed by atoms with van der Waals surface area (Å²) in [6.45, 7) is 1.68. The normalized spacial score (nSPS) is 24.7. The van der Waals surface area contributed by atoms with Gasteiger partial charge in [0.05, 0.1) is 21.9 Å². The topological polar surface area (TPSA) is 97.4 Å². The molecule has 0 radical (unpaired) electrons. The van der Waals surface area contributed by atoms with E-state index in [0.717, 1.165) is 6.26 Å². The van der Waals surface area contributed by atoms with E-state index in [9.17, 15) is 21.6 Å². The molecule has 1 aliphatic heterocycles. The first-order valence-corrected chi connectivity index (χ1v) is 10.1. The molecule has 0 aliphatic carbocycles. The highest BCUT2D eigenvalue weighted by atomic mass is 32.2. The van der Waals surface area contributed by atoms with Crippen molar-refractivity contribution < 1.29 is 21.6 Å². The van der Waals surface area contributed by atoms with Crippen LogP contribution in [0.5, 0.6) is 0 Å². The summed E-state index contributed by atoms with van der Waals surface area (Å²) in [5.74, 6) is -0.523. The van der Waals surface area contributed by atoms with Gasteiger partial charge in [-0.2, -0.15) is 0 Å². The molecule has 1 aromatic carbocycles. The first kappa shape index (κ1) is 16.0. The zero-order chi connectivity index (χ0) is 15.9. The molecule has 1 amide bonds. The molecule has 1 aromatic rings. The fourth-order valence-corrected chi connectivity index (χ4v) is 5.08. The molecular formula is C13H17NO5S2. The smallest absolute Gasteiger partial charge is 0.251 e. The second kappa shape index (κ2) is 5.10. The van der Waals surface area contributed by atoms with Gasteiger partial charge in [0.1, 0.15) is 0 Å². The van der Waals surface area contributed by atoms with Gasteiger partial charge in [-0.3, -0.25) is 4.79 Å². The highest BCUT2D eigenvalue weighted by Crippen LogP contribution is 2.23. The second-order valence-corrected chi connectivity index (χ2v) is 9.86. The van der Waals surface area contributed by atoms with Crippen molar-refractivity contribution in [2.24, 2.45) is 0 Å². The maximum atomic E-state index is 12.2. The predicted molar refractivity (Wildman–Crippen MR) is 78.7 cm³/mol. The van der Waals surface area contributed by atoms with E-state index in [0.29, 0.717) is 6.42 Å². The van der Waals surface area contributed by atoms with Gasteiger partial charge in [-0.05, 0) is 31.5 Å². The summed E-state index contributed by atoms with van der Waals surface area (Å²) in [6, 6.07) is 5.68. The second-order valence-electron chi connectivity index (χ2n) is 5.66. The van der Waals surface area contributed by atoms with E-state index in [2.05, 4.69) is 5.32 Å². The van der Waals surface area contributed by atoms with E-state index in [4.69, 9.17) is 0 Å². The Kier molecular flexibility index (Phi) is 3.88. The Hall–Kier alpha value is -1.41. The molecule has 2 rings (SSSR count). The van der Waals surface area contributed by atoms with E-state index >= 15 is 0 Å². The molecule has 1 atom stereocenters. The number of amides is 1. The van der Waals surface area contributed by atoms with Crippen molar-refractivity contribution in [1.29, 1.82) is 0 Å². The van der Waals surface area contributed by atoms with Gasteiger partial charge in [-0.25, -0.2) is 16.8 Å². The average molecular weight is 331 g/mol. The van der Waals surface area contributed by atoms with Gasteiger partial charge in [0.2, 0.25) is 0 Å². The van der Waals surface area contributed by atoms with Crippen molar-refractivity contribution in [3.63, 3.8) is 0 Å². The molecule has 0 spiro atoms. The Bertz CT molecular complexity index is 783. The summed E-state index contributed by atoms with van der Waals surface area (Å²) in [5.41, 5.74) is -0.611. The Labute approximate surface area is 124 Å². The maximum absolute atomic E-state index is 12.2. The number of hydrogen-bond acceptors (Lipinski definition) is 5. The highest BCUT2D eigenvalue weighted by Gasteiger charge is 2.39. The molecule has 8 heteroatoms. The van der Waals surface area contributed by atoms with E-state index in [-0.39, 0.29) is 22.0 Å². The number of carbonyl (C=O) groups is 1. The van der Waals surface area contributed by atoms with Gasteiger partial charge in [-0.1, -0.05) is 6.07 Å². The first-order chi connectivity index (χ1) is 9.51. The molecule has 21 heavy (non-hydrogen) atoms. The van der Waals surface area contributed by atoms with Crippen LogP contribution in [0.1, 0.15) is 23.7 Å². The predicted octanol–water partition coefficient (Wildman–Crippen LogP) is 0.397. The molecule has 1 aliphatic rings. The van der Waals surface area contributed by atoms with Crippen LogP contribution in [0.15, 0.2) is 29.2 Å². The van der Waals surface area contributed by atoms with Crippen molar-refractivity contribution >= 4 is 25.6 Å². The molecule has 6 nitrogen and oxygen atoms in total. The molecule has 1 heterocycles. The zero-order valence-electron chi connectivity index (χ0n) is 11.8. The zero-order valence-corrected chi connectivity index (χ0v) is 13.4. The van der Waals surface area contributed by atoms with E-state index in [1.165, 1.54) is 24.3 Å². The van der Waals surface area contributed by atoms with Gasteiger partial charge in [-0.15, -0.1) is 0 Å². The Morgan fingerprint density at radius 3 is 2.52 bits per heavy atom. The third kappa shape index (κ3) is 3.82. The summed E-state index contributed by atoms with van der Waals surface area (Å²) in [7, 11) is -6.52. The summed E-state index contributed by atoms with van der Waals surface area (Å²) >= 11 is 0. The molecule has 0 saturated carbocycles. The van der Waals surface area contributed by atoms with Crippen molar-refractivity contribution in [1.82, 2.24) is 5.32 Å². The fraction of sp³-hybridized carbons (Fsp3) is 0.462. The molecule has 1 unspecified atom stereocenters.